The monoisotopic (exact) mass is 161 g/mol. The van der Waals surface area contributed by atoms with Crippen LogP contribution in [0.5, 0.6) is 0 Å². The van der Waals surface area contributed by atoms with Gasteiger partial charge in [0.1, 0.15) is 0 Å². The third-order valence-electron chi connectivity index (χ3n) is 1.42. The van der Waals surface area contributed by atoms with Gasteiger partial charge in [0.05, 0.1) is 7.11 Å². The van der Waals surface area contributed by atoms with Gasteiger partial charge in [-0.3, -0.25) is 4.79 Å². The molecule has 0 unspecified atom stereocenters. The molecule has 0 fully saturated rings. The molecule has 0 atom stereocenters. The second-order valence-corrected chi connectivity index (χ2v) is 2.23. The zero-order chi connectivity index (χ0) is 8.81. The Hall–Kier alpha value is -1.57. The van der Waals surface area contributed by atoms with Crippen molar-refractivity contribution in [2.24, 2.45) is 0 Å². The zero-order valence-electron chi connectivity index (χ0n) is 6.78. The van der Waals surface area contributed by atoms with Gasteiger partial charge in [0.2, 0.25) is 0 Å². The van der Waals surface area contributed by atoms with Crippen LogP contribution in [0.25, 0.3) is 6.08 Å². The number of carbonyl (C=O) groups excluding carboxylic acids is 1. The van der Waals surface area contributed by atoms with Crippen LogP contribution in [-0.4, -0.2) is 13.4 Å². The Morgan fingerprint density at radius 3 is 2.58 bits per heavy atom. The van der Waals surface area contributed by atoms with Gasteiger partial charge in [0, 0.05) is 0 Å². The average molecular weight is 161 g/mol. The summed E-state index contributed by atoms with van der Waals surface area (Å²) in [6.07, 6.45) is 3.32. The van der Waals surface area contributed by atoms with Crippen LogP contribution >= 0.6 is 0 Å². The lowest BCUT2D eigenvalue weighted by atomic mass is 10.2. The van der Waals surface area contributed by atoms with E-state index in [0.717, 1.165) is 5.56 Å². The molecule has 0 aliphatic heterocycles. The summed E-state index contributed by atoms with van der Waals surface area (Å²) >= 11 is 0. The molecular weight excluding hydrogens is 152 g/mol. The maximum absolute atomic E-state index is 10.2. The van der Waals surface area contributed by atoms with Crippen LogP contribution in [-0.2, 0) is 9.53 Å². The summed E-state index contributed by atoms with van der Waals surface area (Å²) in [6, 6.07) is 9.47. The number of rotatable bonds is 3. The van der Waals surface area contributed by atoms with E-state index >= 15 is 0 Å². The van der Waals surface area contributed by atoms with Crippen molar-refractivity contribution in [2.75, 3.05) is 7.11 Å². The Kier molecular flexibility index (Phi) is 3.08. The van der Waals surface area contributed by atoms with E-state index in [2.05, 4.69) is 0 Å². The molecule has 0 aliphatic rings. The minimum Gasteiger partial charge on any atom is -0.492 e. The highest BCUT2D eigenvalue weighted by atomic mass is 16.5. The van der Waals surface area contributed by atoms with Crippen LogP contribution in [0.1, 0.15) is 5.56 Å². The Labute approximate surface area is 71.5 Å². The number of benzene rings is 1. The fourth-order valence-electron chi connectivity index (χ4n) is 0.831. The first-order valence-electron chi connectivity index (χ1n) is 3.55. The lowest BCUT2D eigenvalue weighted by Crippen LogP contribution is -1.86. The first-order chi connectivity index (χ1) is 5.86. The number of hydrogen-bond acceptors (Lipinski definition) is 2. The highest BCUT2D eigenvalue weighted by Gasteiger charge is 1.93. The van der Waals surface area contributed by atoms with Crippen LogP contribution in [0.3, 0.4) is 0 Å². The van der Waals surface area contributed by atoms with E-state index in [1.165, 1.54) is 7.11 Å². The summed E-state index contributed by atoms with van der Waals surface area (Å²) in [4.78, 5) is 10.2. The number of hydrogen-bond donors (Lipinski definition) is 0. The van der Waals surface area contributed by atoms with Gasteiger partial charge in [-0.1, -0.05) is 30.3 Å². The Morgan fingerprint density at radius 2 is 2.08 bits per heavy atom. The van der Waals surface area contributed by atoms with Gasteiger partial charge in [-0.05, 0) is 11.6 Å². The largest absolute Gasteiger partial charge is 0.492 e. The van der Waals surface area contributed by atoms with Crippen LogP contribution in [0.4, 0.5) is 0 Å². The molecule has 0 heterocycles. The van der Waals surface area contributed by atoms with Crippen molar-refractivity contribution < 1.29 is 9.53 Å². The van der Waals surface area contributed by atoms with Crippen molar-refractivity contribution in [3.05, 3.63) is 41.7 Å². The summed E-state index contributed by atoms with van der Waals surface area (Å²) in [5.41, 5.74) is 0.928. The Morgan fingerprint density at radius 1 is 1.42 bits per heavy atom. The first-order valence-corrected chi connectivity index (χ1v) is 3.55. The highest BCUT2D eigenvalue weighted by Crippen LogP contribution is 2.04. The molecule has 0 aromatic heterocycles. The molecule has 0 N–H and O–H groups in total. The van der Waals surface area contributed by atoms with Crippen LogP contribution in [0.2, 0.25) is 0 Å². The zero-order valence-corrected chi connectivity index (χ0v) is 6.78. The predicted octanol–water partition coefficient (Wildman–Crippen LogP) is 1.78. The van der Waals surface area contributed by atoms with Gasteiger partial charge >= 0.3 is 0 Å². The standard InChI is InChI=1S/C10H9O2/c1-12-10(8-11)7-9-5-3-2-4-6-9/h2-7H,1H3/b10-7+. The highest BCUT2D eigenvalue weighted by molar-refractivity contribution is 5.79. The summed E-state index contributed by atoms with van der Waals surface area (Å²) in [7, 11) is 1.44. The van der Waals surface area contributed by atoms with Gasteiger partial charge in [-0.15, -0.1) is 0 Å². The third kappa shape index (κ3) is 2.23. The number of allylic oxidation sites excluding steroid dienone is 1. The fraction of sp³-hybridized carbons (Fsp3) is 0.100. The van der Waals surface area contributed by atoms with E-state index < -0.39 is 0 Å². The van der Waals surface area contributed by atoms with Crippen LogP contribution in [0, 0.1) is 0 Å². The summed E-state index contributed by atoms with van der Waals surface area (Å²) in [6.45, 7) is 0. The van der Waals surface area contributed by atoms with Crippen LogP contribution in [0.15, 0.2) is 36.1 Å². The van der Waals surface area contributed by atoms with Gasteiger partial charge in [0.25, 0.3) is 6.29 Å². The molecule has 0 amide bonds. The van der Waals surface area contributed by atoms with E-state index in [0.29, 0.717) is 0 Å². The number of methoxy groups -OCH3 is 1. The molecule has 2 nitrogen and oxygen atoms in total. The smallest absolute Gasteiger partial charge is 0.271 e. The SMILES string of the molecule is CO/C([C]=O)=C/c1ccccc1. The molecule has 0 spiro atoms. The topological polar surface area (TPSA) is 26.3 Å². The molecular formula is C10H9O2. The molecule has 12 heavy (non-hydrogen) atoms. The summed E-state index contributed by atoms with van der Waals surface area (Å²) in [5.74, 6) is 0.209. The molecule has 1 aromatic rings. The second kappa shape index (κ2) is 4.34. The number of ether oxygens (including phenoxy) is 1. The quantitative estimate of drug-likeness (QED) is 0.499. The summed E-state index contributed by atoms with van der Waals surface area (Å²) < 4.78 is 4.74. The van der Waals surface area contributed by atoms with Crippen molar-refractivity contribution in [1.29, 1.82) is 0 Å². The Bertz CT molecular complexity index is 275. The summed E-state index contributed by atoms with van der Waals surface area (Å²) in [5, 5.41) is 0. The second-order valence-electron chi connectivity index (χ2n) is 2.23. The predicted molar refractivity (Wildman–Crippen MR) is 47.1 cm³/mol. The first kappa shape index (κ1) is 8.53. The molecule has 0 saturated carbocycles. The van der Waals surface area contributed by atoms with E-state index in [9.17, 15) is 4.79 Å². The minimum atomic E-state index is 0.209. The molecule has 1 rings (SSSR count). The minimum absolute atomic E-state index is 0.209. The van der Waals surface area contributed by atoms with Crippen molar-refractivity contribution in [1.82, 2.24) is 0 Å². The van der Waals surface area contributed by atoms with Gasteiger partial charge < -0.3 is 4.74 Å². The lowest BCUT2D eigenvalue weighted by Gasteiger charge is -1.95. The normalized spacial score (nSPS) is 10.9. The van der Waals surface area contributed by atoms with Gasteiger partial charge in [0.15, 0.2) is 5.76 Å². The molecule has 1 radical (unpaired) electrons. The van der Waals surface area contributed by atoms with E-state index in [1.807, 2.05) is 30.3 Å². The maximum Gasteiger partial charge on any atom is 0.271 e. The van der Waals surface area contributed by atoms with Crippen molar-refractivity contribution in [3.8, 4) is 0 Å². The fourth-order valence-corrected chi connectivity index (χ4v) is 0.831. The van der Waals surface area contributed by atoms with Crippen molar-refractivity contribution in [3.63, 3.8) is 0 Å². The van der Waals surface area contributed by atoms with E-state index in [1.54, 1.807) is 12.4 Å². The maximum atomic E-state index is 10.2. The van der Waals surface area contributed by atoms with E-state index in [-0.39, 0.29) is 5.76 Å². The van der Waals surface area contributed by atoms with Crippen LogP contribution < -0.4 is 0 Å². The molecule has 0 aliphatic carbocycles. The molecule has 2 heteroatoms. The molecule has 61 valence electrons. The third-order valence-corrected chi connectivity index (χ3v) is 1.42. The Balaban J connectivity index is 2.86. The molecule has 1 aromatic carbocycles. The van der Waals surface area contributed by atoms with Crippen molar-refractivity contribution in [2.45, 2.75) is 0 Å². The molecule has 0 saturated heterocycles. The van der Waals surface area contributed by atoms with Gasteiger partial charge in [-0.2, -0.15) is 0 Å². The van der Waals surface area contributed by atoms with Gasteiger partial charge in [-0.25, -0.2) is 0 Å². The van der Waals surface area contributed by atoms with E-state index in [4.69, 9.17) is 4.74 Å². The lowest BCUT2D eigenvalue weighted by molar-refractivity contribution is 0.314. The average Bonchev–Trinajstić information content (AvgIpc) is 2.16. The molecule has 0 bridgehead atoms. The van der Waals surface area contributed by atoms with Crippen molar-refractivity contribution >= 4 is 12.4 Å².